The minimum atomic E-state index is -0.356. The third-order valence-corrected chi connectivity index (χ3v) is 2.31. The first-order chi connectivity index (χ1) is 8.74. The van der Waals surface area contributed by atoms with Gasteiger partial charge in [0.25, 0.3) is 0 Å². The van der Waals surface area contributed by atoms with Gasteiger partial charge >= 0.3 is 0 Å². The lowest BCUT2D eigenvalue weighted by Crippen LogP contribution is -2.12. The molecular formula is C12H15N5O. The highest BCUT2D eigenvalue weighted by Gasteiger charge is 2.12. The summed E-state index contributed by atoms with van der Waals surface area (Å²) in [5.41, 5.74) is 1.21. The Morgan fingerprint density at radius 1 is 1.56 bits per heavy atom. The van der Waals surface area contributed by atoms with E-state index in [1.807, 2.05) is 0 Å². The number of terminal acetylenes is 1. The average Bonchev–Trinajstić information content (AvgIpc) is 2.84. The standard InChI is InChI=1S/C12H15N5O/c1-4-6-13-12-16-10-9(14-7-15-10)11(17-12)18-8(3)5-2/h2,7-8H,4,6H2,1,3H3,(H2,13,14,15,16,17). The first-order valence-electron chi connectivity index (χ1n) is 5.82. The van der Waals surface area contributed by atoms with Gasteiger partial charge in [-0.1, -0.05) is 12.8 Å². The van der Waals surface area contributed by atoms with Crippen LogP contribution in [0.4, 0.5) is 5.95 Å². The van der Waals surface area contributed by atoms with Crippen molar-refractivity contribution in [2.24, 2.45) is 0 Å². The summed E-state index contributed by atoms with van der Waals surface area (Å²) in [6.45, 7) is 4.64. The topological polar surface area (TPSA) is 75.7 Å². The molecule has 2 rings (SSSR count). The summed E-state index contributed by atoms with van der Waals surface area (Å²) < 4.78 is 5.56. The number of aromatic amines is 1. The molecule has 0 fully saturated rings. The SMILES string of the molecule is C#CC(C)Oc1nc(NCCC)nc2nc[nH]c12. The molecule has 0 amide bonds. The summed E-state index contributed by atoms with van der Waals surface area (Å²) in [6, 6.07) is 0. The summed E-state index contributed by atoms with van der Waals surface area (Å²) >= 11 is 0. The fourth-order valence-corrected chi connectivity index (χ4v) is 1.41. The van der Waals surface area contributed by atoms with Gasteiger partial charge in [-0.2, -0.15) is 9.97 Å². The number of anilines is 1. The van der Waals surface area contributed by atoms with E-state index < -0.39 is 0 Å². The zero-order valence-electron chi connectivity index (χ0n) is 10.4. The van der Waals surface area contributed by atoms with Crippen LogP contribution in [0.1, 0.15) is 20.3 Å². The van der Waals surface area contributed by atoms with Crippen molar-refractivity contribution >= 4 is 17.1 Å². The highest BCUT2D eigenvalue weighted by molar-refractivity contribution is 5.76. The predicted molar refractivity (Wildman–Crippen MR) is 69.4 cm³/mol. The smallest absolute Gasteiger partial charge is 0.246 e. The summed E-state index contributed by atoms with van der Waals surface area (Å²) in [6.07, 6.45) is 7.48. The lowest BCUT2D eigenvalue weighted by Gasteiger charge is -2.10. The second-order valence-corrected chi connectivity index (χ2v) is 3.81. The Hall–Kier alpha value is -2.29. The second-order valence-electron chi connectivity index (χ2n) is 3.81. The maximum atomic E-state index is 5.56. The number of H-pyrrole nitrogens is 1. The third kappa shape index (κ3) is 2.51. The molecule has 2 aromatic rings. The van der Waals surface area contributed by atoms with Gasteiger partial charge in [0.2, 0.25) is 11.8 Å². The molecule has 1 unspecified atom stereocenters. The van der Waals surface area contributed by atoms with Crippen molar-refractivity contribution in [3.63, 3.8) is 0 Å². The van der Waals surface area contributed by atoms with Gasteiger partial charge in [-0.05, 0) is 13.3 Å². The van der Waals surface area contributed by atoms with Crippen molar-refractivity contribution in [2.75, 3.05) is 11.9 Å². The summed E-state index contributed by atoms with van der Waals surface area (Å²) in [4.78, 5) is 15.6. The molecule has 2 N–H and O–H groups in total. The number of aromatic nitrogens is 4. The van der Waals surface area contributed by atoms with Gasteiger partial charge in [0.1, 0.15) is 5.52 Å². The van der Waals surface area contributed by atoms with Crippen LogP contribution in [0.3, 0.4) is 0 Å². The number of rotatable bonds is 5. The second kappa shape index (κ2) is 5.36. The van der Waals surface area contributed by atoms with Crippen molar-refractivity contribution < 1.29 is 4.74 Å². The number of nitrogens with one attached hydrogen (secondary N) is 2. The van der Waals surface area contributed by atoms with Crippen LogP contribution < -0.4 is 10.1 Å². The van der Waals surface area contributed by atoms with Crippen LogP contribution in [-0.4, -0.2) is 32.6 Å². The molecule has 0 spiro atoms. The van der Waals surface area contributed by atoms with E-state index >= 15 is 0 Å². The number of fused-ring (bicyclic) bond motifs is 1. The Labute approximate surface area is 105 Å². The molecule has 94 valence electrons. The van der Waals surface area contributed by atoms with E-state index in [-0.39, 0.29) is 6.10 Å². The Morgan fingerprint density at radius 2 is 2.39 bits per heavy atom. The van der Waals surface area contributed by atoms with Gasteiger partial charge < -0.3 is 15.0 Å². The molecule has 2 heterocycles. The molecule has 6 nitrogen and oxygen atoms in total. The molecule has 0 aliphatic heterocycles. The monoisotopic (exact) mass is 245 g/mol. The maximum absolute atomic E-state index is 5.56. The quantitative estimate of drug-likeness (QED) is 0.782. The number of hydrogen-bond acceptors (Lipinski definition) is 5. The first kappa shape index (κ1) is 12.2. The molecule has 0 saturated carbocycles. The molecular weight excluding hydrogens is 230 g/mol. The minimum Gasteiger partial charge on any atom is -0.460 e. The fourth-order valence-electron chi connectivity index (χ4n) is 1.41. The van der Waals surface area contributed by atoms with Gasteiger partial charge in [-0.3, -0.25) is 0 Å². The van der Waals surface area contributed by atoms with Crippen LogP contribution >= 0.6 is 0 Å². The van der Waals surface area contributed by atoms with Crippen LogP contribution in [0, 0.1) is 12.3 Å². The van der Waals surface area contributed by atoms with Crippen molar-refractivity contribution in [3.8, 4) is 18.2 Å². The first-order valence-corrected chi connectivity index (χ1v) is 5.82. The highest BCUT2D eigenvalue weighted by atomic mass is 16.5. The van der Waals surface area contributed by atoms with Crippen molar-refractivity contribution in [1.82, 2.24) is 19.9 Å². The Balaban J connectivity index is 2.35. The van der Waals surface area contributed by atoms with Gasteiger partial charge in [0.15, 0.2) is 11.8 Å². The largest absolute Gasteiger partial charge is 0.460 e. The lowest BCUT2D eigenvalue weighted by molar-refractivity contribution is 0.271. The highest BCUT2D eigenvalue weighted by Crippen LogP contribution is 2.21. The molecule has 2 aromatic heterocycles. The molecule has 0 aromatic carbocycles. The van der Waals surface area contributed by atoms with Gasteiger partial charge in [0, 0.05) is 6.54 Å². The zero-order chi connectivity index (χ0) is 13.0. The Bertz CT molecular complexity index is 571. The average molecular weight is 245 g/mol. The zero-order valence-corrected chi connectivity index (χ0v) is 10.4. The van der Waals surface area contributed by atoms with Gasteiger partial charge in [-0.15, -0.1) is 6.42 Å². The molecule has 6 heteroatoms. The van der Waals surface area contributed by atoms with Crippen LogP contribution in [-0.2, 0) is 0 Å². The van der Waals surface area contributed by atoms with Crippen LogP contribution in [0.15, 0.2) is 6.33 Å². The molecule has 18 heavy (non-hydrogen) atoms. The van der Waals surface area contributed by atoms with Crippen molar-refractivity contribution in [3.05, 3.63) is 6.33 Å². The van der Waals surface area contributed by atoms with Crippen molar-refractivity contribution in [1.29, 1.82) is 0 Å². The van der Waals surface area contributed by atoms with E-state index in [9.17, 15) is 0 Å². The normalized spacial score (nSPS) is 12.1. The van der Waals surface area contributed by atoms with E-state index in [1.165, 1.54) is 0 Å². The van der Waals surface area contributed by atoms with E-state index in [4.69, 9.17) is 11.2 Å². The number of hydrogen-bond donors (Lipinski definition) is 2. The fraction of sp³-hybridized carbons (Fsp3) is 0.417. The Morgan fingerprint density at radius 3 is 3.11 bits per heavy atom. The molecule has 1 atom stereocenters. The summed E-state index contributed by atoms with van der Waals surface area (Å²) in [5, 5.41) is 3.10. The van der Waals surface area contributed by atoms with E-state index in [1.54, 1.807) is 13.3 Å². The molecule has 0 aliphatic rings. The van der Waals surface area contributed by atoms with E-state index in [0.717, 1.165) is 13.0 Å². The minimum absolute atomic E-state index is 0.356. The lowest BCUT2D eigenvalue weighted by atomic mass is 10.4. The van der Waals surface area contributed by atoms with Crippen LogP contribution in [0.2, 0.25) is 0 Å². The Kier molecular flexibility index (Phi) is 3.63. The van der Waals surface area contributed by atoms with Crippen molar-refractivity contribution in [2.45, 2.75) is 26.4 Å². The maximum Gasteiger partial charge on any atom is 0.246 e. The number of nitrogens with zero attached hydrogens (tertiary/aromatic N) is 3. The molecule has 0 bridgehead atoms. The predicted octanol–water partition coefficient (Wildman–Crippen LogP) is 1.58. The summed E-state index contributed by atoms with van der Waals surface area (Å²) in [5.74, 6) is 3.41. The molecule has 0 aliphatic carbocycles. The van der Waals surface area contributed by atoms with Crippen LogP contribution in [0.25, 0.3) is 11.2 Å². The molecule has 0 saturated heterocycles. The summed E-state index contributed by atoms with van der Waals surface area (Å²) in [7, 11) is 0. The van der Waals surface area contributed by atoms with Gasteiger partial charge in [0.05, 0.1) is 6.33 Å². The molecule has 0 radical (unpaired) electrons. The van der Waals surface area contributed by atoms with E-state index in [0.29, 0.717) is 23.0 Å². The number of imidazole rings is 1. The number of ether oxygens (including phenoxy) is 1. The third-order valence-electron chi connectivity index (χ3n) is 2.31. The van der Waals surface area contributed by atoms with Crippen LogP contribution in [0.5, 0.6) is 5.88 Å². The van der Waals surface area contributed by atoms with E-state index in [2.05, 4.69) is 38.1 Å². The van der Waals surface area contributed by atoms with Gasteiger partial charge in [-0.25, -0.2) is 4.98 Å².